The first-order valence-electron chi connectivity index (χ1n) is 6.20. The van der Waals surface area contributed by atoms with Gasteiger partial charge in [-0.05, 0) is 32.1 Å². The van der Waals surface area contributed by atoms with Crippen molar-refractivity contribution in [2.75, 3.05) is 13.2 Å². The van der Waals surface area contributed by atoms with Crippen LogP contribution in [0.15, 0.2) is 0 Å². The maximum Gasteiger partial charge on any atom is 0.328 e. The van der Waals surface area contributed by atoms with E-state index < -0.39 is 6.04 Å². The van der Waals surface area contributed by atoms with E-state index in [1.807, 2.05) is 0 Å². The molecular weight excluding hydrogens is 222 g/mol. The van der Waals surface area contributed by atoms with Crippen molar-refractivity contribution < 1.29 is 19.1 Å². The highest BCUT2D eigenvalue weighted by molar-refractivity contribution is 5.78. The molecule has 1 amide bonds. The largest absolute Gasteiger partial charge is 0.464 e. The Kier molecular flexibility index (Phi) is 5.97. The highest BCUT2D eigenvalue weighted by Gasteiger charge is 2.33. The zero-order valence-corrected chi connectivity index (χ0v) is 10.5. The van der Waals surface area contributed by atoms with E-state index in [0.717, 1.165) is 19.3 Å². The minimum Gasteiger partial charge on any atom is -0.464 e. The third kappa shape index (κ3) is 4.00. The van der Waals surface area contributed by atoms with Gasteiger partial charge in [-0.25, -0.2) is 4.79 Å². The van der Waals surface area contributed by atoms with Gasteiger partial charge in [-0.3, -0.25) is 4.79 Å². The summed E-state index contributed by atoms with van der Waals surface area (Å²) in [6.07, 6.45) is 3.24. The van der Waals surface area contributed by atoms with Crippen LogP contribution in [0.25, 0.3) is 0 Å². The summed E-state index contributed by atoms with van der Waals surface area (Å²) in [4.78, 5) is 22.3. The van der Waals surface area contributed by atoms with E-state index in [-0.39, 0.29) is 18.0 Å². The molecule has 0 aromatic heterocycles. The maximum absolute atomic E-state index is 11.7. The highest BCUT2D eigenvalue weighted by Crippen LogP contribution is 2.25. The van der Waals surface area contributed by atoms with Gasteiger partial charge in [-0.15, -0.1) is 0 Å². The Morgan fingerprint density at radius 3 is 2.94 bits per heavy atom. The number of ether oxygens (including phenoxy) is 2. The van der Waals surface area contributed by atoms with Gasteiger partial charge < -0.3 is 14.8 Å². The van der Waals surface area contributed by atoms with Crippen molar-refractivity contribution in [2.24, 2.45) is 5.92 Å². The van der Waals surface area contributed by atoms with Crippen molar-refractivity contribution >= 4 is 12.4 Å². The molecule has 5 nitrogen and oxygen atoms in total. The zero-order chi connectivity index (χ0) is 12.7. The van der Waals surface area contributed by atoms with E-state index in [1.54, 1.807) is 6.92 Å². The molecule has 5 heteroatoms. The number of hydrogen-bond donors (Lipinski definition) is 1. The quantitative estimate of drug-likeness (QED) is 0.555. The van der Waals surface area contributed by atoms with Gasteiger partial charge in [0.1, 0.15) is 6.04 Å². The van der Waals surface area contributed by atoms with Gasteiger partial charge in [-0.1, -0.05) is 6.92 Å². The minimum absolute atomic E-state index is 0.109. The lowest BCUT2D eigenvalue weighted by Crippen LogP contribution is -2.46. The Labute approximate surface area is 102 Å². The normalized spacial score (nSPS) is 26.0. The van der Waals surface area contributed by atoms with Gasteiger partial charge in [0.2, 0.25) is 6.41 Å². The predicted octanol–water partition coefficient (Wildman–Crippen LogP) is 0.869. The number of esters is 1. The summed E-state index contributed by atoms with van der Waals surface area (Å²) in [5, 5.41) is 2.57. The first-order valence-corrected chi connectivity index (χ1v) is 6.20. The van der Waals surface area contributed by atoms with E-state index in [2.05, 4.69) is 12.2 Å². The van der Waals surface area contributed by atoms with Crippen LogP contribution in [0.1, 0.15) is 33.1 Å². The third-order valence-electron chi connectivity index (χ3n) is 3.12. The number of carbonyl (C=O) groups excluding carboxylic acids is 2. The molecule has 0 bridgehead atoms. The molecule has 1 aliphatic rings. The average molecular weight is 243 g/mol. The van der Waals surface area contributed by atoms with Crippen molar-refractivity contribution in [3.8, 4) is 0 Å². The first-order chi connectivity index (χ1) is 8.22. The molecule has 1 rings (SSSR count). The molecule has 1 aliphatic heterocycles. The SMILES string of the molecule is CCOC(=O)[C@@H](NC=O)[C@H]1CCO[C@H](CC)C1. The fraction of sp³-hybridized carbons (Fsp3) is 0.833. The van der Waals surface area contributed by atoms with Crippen LogP contribution < -0.4 is 5.32 Å². The summed E-state index contributed by atoms with van der Waals surface area (Å²) >= 11 is 0. The third-order valence-corrected chi connectivity index (χ3v) is 3.12. The minimum atomic E-state index is -0.537. The monoisotopic (exact) mass is 243 g/mol. The second kappa shape index (κ2) is 7.27. The summed E-state index contributed by atoms with van der Waals surface area (Å²) in [6, 6.07) is -0.537. The Morgan fingerprint density at radius 2 is 2.35 bits per heavy atom. The second-order valence-electron chi connectivity index (χ2n) is 4.20. The summed E-state index contributed by atoms with van der Waals surface area (Å²) < 4.78 is 10.5. The number of hydrogen-bond acceptors (Lipinski definition) is 4. The highest BCUT2D eigenvalue weighted by atomic mass is 16.5. The maximum atomic E-state index is 11.7. The molecule has 17 heavy (non-hydrogen) atoms. The smallest absolute Gasteiger partial charge is 0.328 e. The van der Waals surface area contributed by atoms with Crippen molar-refractivity contribution in [3.05, 3.63) is 0 Å². The summed E-state index contributed by atoms with van der Waals surface area (Å²) in [5.74, 6) is -0.237. The topological polar surface area (TPSA) is 64.6 Å². The van der Waals surface area contributed by atoms with Crippen LogP contribution in [0.2, 0.25) is 0 Å². The fourth-order valence-corrected chi connectivity index (χ4v) is 2.20. The molecule has 0 unspecified atom stereocenters. The van der Waals surface area contributed by atoms with Crippen molar-refractivity contribution in [1.82, 2.24) is 5.32 Å². The molecule has 3 atom stereocenters. The number of amides is 1. The number of carbonyl (C=O) groups is 2. The fourth-order valence-electron chi connectivity index (χ4n) is 2.20. The van der Waals surface area contributed by atoms with Gasteiger partial charge in [0.15, 0.2) is 0 Å². The molecular formula is C12H21NO4. The molecule has 1 heterocycles. The molecule has 0 radical (unpaired) electrons. The second-order valence-corrected chi connectivity index (χ2v) is 4.20. The van der Waals surface area contributed by atoms with Crippen molar-refractivity contribution in [1.29, 1.82) is 0 Å². The Bertz CT molecular complexity index is 257. The summed E-state index contributed by atoms with van der Waals surface area (Å²) in [7, 11) is 0. The number of rotatable bonds is 6. The molecule has 0 aliphatic carbocycles. The van der Waals surface area contributed by atoms with Crippen LogP contribution in [0.4, 0.5) is 0 Å². The summed E-state index contributed by atoms with van der Waals surface area (Å²) in [6.45, 7) is 4.78. The van der Waals surface area contributed by atoms with E-state index in [0.29, 0.717) is 19.6 Å². The van der Waals surface area contributed by atoms with Crippen LogP contribution in [0.3, 0.4) is 0 Å². The van der Waals surface area contributed by atoms with E-state index in [9.17, 15) is 9.59 Å². The molecule has 98 valence electrons. The lowest BCUT2D eigenvalue weighted by molar-refractivity contribution is -0.149. The van der Waals surface area contributed by atoms with E-state index >= 15 is 0 Å². The van der Waals surface area contributed by atoms with Crippen LogP contribution in [-0.2, 0) is 19.1 Å². The standard InChI is InChI=1S/C12H21NO4/c1-3-10-7-9(5-6-17-10)11(13-8-14)12(15)16-4-2/h8-11H,3-7H2,1-2H3,(H,13,14)/t9-,10+,11-/m0/s1. The Balaban J connectivity index is 2.61. The van der Waals surface area contributed by atoms with Gasteiger partial charge in [0.25, 0.3) is 0 Å². The molecule has 0 aromatic carbocycles. The molecule has 0 spiro atoms. The van der Waals surface area contributed by atoms with Crippen LogP contribution in [0.5, 0.6) is 0 Å². The van der Waals surface area contributed by atoms with Gasteiger partial charge >= 0.3 is 5.97 Å². The van der Waals surface area contributed by atoms with Gasteiger partial charge in [0, 0.05) is 6.61 Å². The van der Waals surface area contributed by atoms with Crippen molar-refractivity contribution in [2.45, 2.75) is 45.3 Å². The van der Waals surface area contributed by atoms with Crippen molar-refractivity contribution in [3.63, 3.8) is 0 Å². The Hall–Kier alpha value is -1.10. The lowest BCUT2D eigenvalue weighted by Gasteiger charge is -2.32. The van der Waals surface area contributed by atoms with Crippen LogP contribution in [-0.4, -0.2) is 37.7 Å². The average Bonchev–Trinajstić information content (AvgIpc) is 2.36. The van der Waals surface area contributed by atoms with Crippen LogP contribution in [0, 0.1) is 5.92 Å². The Morgan fingerprint density at radius 1 is 1.59 bits per heavy atom. The zero-order valence-electron chi connectivity index (χ0n) is 10.5. The molecule has 0 aromatic rings. The van der Waals surface area contributed by atoms with E-state index in [1.165, 1.54) is 0 Å². The van der Waals surface area contributed by atoms with Gasteiger partial charge in [-0.2, -0.15) is 0 Å². The van der Waals surface area contributed by atoms with Crippen LogP contribution >= 0.6 is 0 Å². The molecule has 1 N–H and O–H groups in total. The van der Waals surface area contributed by atoms with E-state index in [4.69, 9.17) is 9.47 Å². The number of nitrogens with one attached hydrogen (secondary N) is 1. The predicted molar refractivity (Wildman–Crippen MR) is 62.4 cm³/mol. The molecule has 1 saturated heterocycles. The molecule has 1 fully saturated rings. The molecule has 0 saturated carbocycles. The first kappa shape index (κ1) is 14.0. The van der Waals surface area contributed by atoms with Gasteiger partial charge in [0.05, 0.1) is 12.7 Å². The lowest BCUT2D eigenvalue weighted by atomic mass is 9.88. The summed E-state index contributed by atoms with van der Waals surface area (Å²) in [5.41, 5.74) is 0.